The summed E-state index contributed by atoms with van der Waals surface area (Å²) in [6.45, 7) is 3.06. The molecule has 0 aliphatic heterocycles. The minimum Gasteiger partial charge on any atom is -0.388 e. The predicted molar refractivity (Wildman–Crippen MR) is 68.0 cm³/mol. The fourth-order valence-electron chi connectivity index (χ4n) is 1.99. The van der Waals surface area contributed by atoms with E-state index >= 15 is 0 Å². The van der Waals surface area contributed by atoms with Gasteiger partial charge in [-0.1, -0.05) is 6.92 Å². The summed E-state index contributed by atoms with van der Waals surface area (Å²) in [6.07, 6.45) is 2.90. The van der Waals surface area contributed by atoms with Crippen molar-refractivity contribution in [2.45, 2.75) is 13.3 Å². The average Bonchev–Trinajstić information content (AvgIpc) is 3.04. The Balaban J connectivity index is 2.02. The number of anilines is 1. The van der Waals surface area contributed by atoms with Crippen LogP contribution >= 0.6 is 0 Å². The Morgan fingerprint density at radius 1 is 1.65 bits per heavy atom. The Morgan fingerprint density at radius 3 is 2.94 bits per heavy atom. The maximum atomic E-state index is 12.1. The summed E-state index contributed by atoms with van der Waals surface area (Å²) < 4.78 is 0. The van der Waals surface area contributed by atoms with Crippen molar-refractivity contribution in [3.63, 3.8) is 0 Å². The third-order valence-corrected chi connectivity index (χ3v) is 3.40. The number of aromatic nitrogens is 1. The molecule has 1 amide bonds. The molecule has 0 spiro atoms. The molecule has 0 radical (unpaired) electrons. The van der Waals surface area contributed by atoms with Gasteiger partial charge in [0.15, 0.2) is 0 Å². The Hall–Kier alpha value is -1.58. The van der Waals surface area contributed by atoms with Crippen LogP contribution in [0.5, 0.6) is 0 Å². The monoisotopic (exact) mass is 233 g/mol. The first-order valence-corrected chi connectivity index (χ1v) is 6.01. The van der Waals surface area contributed by atoms with E-state index in [2.05, 4.69) is 17.2 Å². The molecule has 1 N–H and O–H groups in total. The number of pyridine rings is 1. The van der Waals surface area contributed by atoms with Crippen LogP contribution in [0.2, 0.25) is 0 Å². The standard InChI is InChI=1S/C13H19N3O/c1-9-6-10(9)8-16(3)13(17)12-7-11(14-2)4-5-15-12/h4-5,7,9-10H,6,8H2,1-3H3,(H,14,15). The molecular weight excluding hydrogens is 214 g/mol. The molecule has 4 nitrogen and oxygen atoms in total. The van der Waals surface area contributed by atoms with Gasteiger partial charge in [0.25, 0.3) is 5.91 Å². The van der Waals surface area contributed by atoms with Crippen LogP contribution in [0.1, 0.15) is 23.8 Å². The highest BCUT2D eigenvalue weighted by Crippen LogP contribution is 2.38. The van der Waals surface area contributed by atoms with Gasteiger partial charge in [-0.05, 0) is 30.4 Å². The van der Waals surface area contributed by atoms with Crippen molar-refractivity contribution in [1.29, 1.82) is 0 Å². The molecule has 92 valence electrons. The first kappa shape index (κ1) is 11.9. The van der Waals surface area contributed by atoms with Crippen molar-refractivity contribution in [2.24, 2.45) is 11.8 Å². The number of rotatable bonds is 4. The van der Waals surface area contributed by atoms with Crippen molar-refractivity contribution in [3.8, 4) is 0 Å². The number of hydrogen-bond acceptors (Lipinski definition) is 3. The Kier molecular flexibility index (Phi) is 3.31. The molecular formula is C13H19N3O. The van der Waals surface area contributed by atoms with E-state index in [-0.39, 0.29) is 5.91 Å². The summed E-state index contributed by atoms with van der Waals surface area (Å²) in [5, 5.41) is 3.01. The van der Waals surface area contributed by atoms with Gasteiger partial charge in [-0.3, -0.25) is 9.78 Å². The highest BCUT2D eigenvalue weighted by atomic mass is 16.2. The first-order chi connectivity index (χ1) is 8.11. The van der Waals surface area contributed by atoms with Crippen LogP contribution in [0.4, 0.5) is 5.69 Å². The molecule has 1 aromatic rings. The van der Waals surface area contributed by atoms with E-state index < -0.39 is 0 Å². The molecule has 17 heavy (non-hydrogen) atoms. The van der Waals surface area contributed by atoms with Gasteiger partial charge in [0, 0.05) is 32.5 Å². The van der Waals surface area contributed by atoms with Gasteiger partial charge in [0.2, 0.25) is 0 Å². The number of amides is 1. The van der Waals surface area contributed by atoms with Crippen molar-refractivity contribution in [3.05, 3.63) is 24.0 Å². The van der Waals surface area contributed by atoms with Crippen LogP contribution in [0.3, 0.4) is 0 Å². The van der Waals surface area contributed by atoms with Crippen molar-refractivity contribution in [2.75, 3.05) is 26.0 Å². The zero-order chi connectivity index (χ0) is 12.4. The van der Waals surface area contributed by atoms with Gasteiger partial charge in [-0.15, -0.1) is 0 Å². The number of carbonyl (C=O) groups excluding carboxylic acids is 1. The fraction of sp³-hybridized carbons (Fsp3) is 0.538. The van der Waals surface area contributed by atoms with Crippen molar-refractivity contribution >= 4 is 11.6 Å². The number of carbonyl (C=O) groups is 1. The molecule has 1 heterocycles. The second-order valence-electron chi connectivity index (χ2n) is 4.84. The third-order valence-electron chi connectivity index (χ3n) is 3.40. The Morgan fingerprint density at radius 2 is 2.35 bits per heavy atom. The Labute approximate surface area is 102 Å². The van der Waals surface area contributed by atoms with E-state index in [1.54, 1.807) is 17.2 Å². The summed E-state index contributed by atoms with van der Waals surface area (Å²) in [6, 6.07) is 3.63. The van der Waals surface area contributed by atoms with Crippen molar-refractivity contribution in [1.82, 2.24) is 9.88 Å². The van der Waals surface area contributed by atoms with Crippen LogP contribution in [-0.4, -0.2) is 36.4 Å². The molecule has 1 saturated carbocycles. The van der Waals surface area contributed by atoms with Gasteiger partial charge in [0.05, 0.1) is 0 Å². The van der Waals surface area contributed by atoms with E-state index in [0.717, 1.165) is 18.2 Å². The molecule has 1 aliphatic carbocycles. The van der Waals surface area contributed by atoms with Gasteiger partial charge in [-0.25, -0.2) is 0 Å². The minimum absolute atomic E-state index is 0.00111. The van der Waals surface area contributed by atoms with Gasteiger partial charge in [-0.2, -0.15) is 0 Å². The second kappa shape index (κ2) is 4.73. The molecule has 1 fully saturated rings. The zero-order valence-corrected chi connectivity index (χ0v) is 10.6. The normalized spacial score (nSPS) is 22.1. The summed E-state index contributed by atoms with van der Waals surface area (Å²) in [5.74, 6) is 1.44. The lowest BCUT2D eigenvalue weighted by Crippen LogP contribution is -2.29. The average molecular weight is 233 g/mol. The molecule has 0 aromatic carbocycles. The van der Waals surface area contributed by atoms with Gasteiger partial charge in [0.1, 0.15) is 5.69 Å². The van der Waals surface area contributed by atoms with Gasteiger partial charge < -0.3 is 10.2 Å². The van der Waals surface area contributed by atoms with E-state index in [4.69, 9.17) is 0 Å². The Bertz CT molecular complexity index is 419. The first-order valence-electron chi connectivity index (χ1n) is 6.01. The fourth-order valence-corrected chi connectivity index (χ4v) is 1.99. The molecule has 0 saturated heterocycles. The van der Waals surface area contributed by atoms with E-state index in [1.807, 2.05) is 20.2 Å². The third kappa shape index (κ3) is 2.75. The summed E-state index contributed by atoms with van der Waals surface area (Å²) in [4.78, 5) is 18.0. The van der Waals surface area contributed by atoms with E-state index in [9.17, 15) is 4.79 Å². The quantitative estimate of drug-likeness (QED) is 0.863. The molecule has 1 aliphatic rings. The predicted octanol–water partition coefficient (Wildman–Crippen LogP) is 1.85. The van der Waals surface area contributed by atoms with Crippen LogP contribution in [0, 0.1) is 11.8 Å². The lowest BCUT2D eigenvalue weighted by atomic mass is 10.2. The largest absolute Gasteiger partial charge is 0.388 e. The summed E-state index contributed by atoms with van der Waals surface area (Å²) >= 11 is 0. The maximum absolute atomic E-state index is 12.1. The molecule has 0 bridgehead atoms. The highest BCUT2D eigenvalue weighted by Gasteiger charge is 2.34. The number of hydrogen-bond donors (Lipinski definition) is 1. The summed E-state index contributed by atoms with van der Waals surface area (Å²) in [5.41, 5.74) is 1.42. The minimum atomic E-state index is 0.00111. The SMILES string of the molecule is CNc1ccnc(C(=O)N(C)CC2CC2C)c1. The van der Waals surface area contributed by atoms with E-state index in [1.165, 1.54) is 6.42 Å². The maximum Gasteiger partial charge on any atom is 0.272 e. The van der Waals surface area contributed by atoms with Crippen LogP contribution in [0.15, 0.2) is 18.3 Å². The summed E-state index contributed by atoms with van der Waals surface area (Å²) in [7, 11) is 3.68. The van der Waals surface area contributed by atoms with Gasteiger partial charge >= 0.3 is 0 Å². The van der Waals surface area contributed by atoms with Crippen LogP contribution in [-0.2, 0) is 0 Å². The van der Waals surface area contributed by atoms with Crippen LogP contribution in [0.25, 0.3) is 0 Å². The molecule has 2 atom stereocenters. The lowest BCUT2D eigenvalue weighted by Gasteiger charge is -2.16. The molecule has 2 rings (SSSR count). The molecule has 1 aromatic heterocycles. The van der Waals surface area contributed by atoms with Crippen molar-refractivity contribution < 1.29 is 4.79 Å². The topological polar surface area (TPSA) is 45.2 Å². The number of nitrogens with zero attached hydrogens (tertiary/aromatic N) is 2. The zero-order valence-electron chi connectivity index (χ0n) is 10.6. The highest BCUT2D eigenvalue weighted by molar-refractivity contribution is 5.92. The van der Waals surface area contributed by atoms with E-state index in [0.29, 0.717) is 11.6 Å². The van der Waals surface area contributed by atoms with Crippen LogP contribution < -0.4 is 5.32 Å². The molecule has 4 heteroatoms. The second-order valence-corrected chi connectivity index (χ2v) is 4.84. The lowest BCUT2D eigenvalue weighted by molar-refractivity contribution is 0.0781. The smallest absolute Gasteiger partial charge is 0.272 e. The molecule has 2 unspecified atom stereocenters. The number of nitrogens with one attached hydrogen (secondary N) is 1.